The van der Waals surface area contributed by atoms with Crippen molar-refractivity contribution >= 4 is 38.2 Å². The summed E-state index contributed by atoms with van der Waals surface area (Å²) in [7, 11) is 0. The van der Waals surface area contributed by atoms with E-state index in [1.165, 1.54) is 11.3 Å². The monoisotopic (exact) mass is 227 g/mol. The van der Waals surface area contributed by atoms with Gasteiger partial charge in [-0.1, -0.05) is 13.8 Å². The van der Waals surface area contributed by atoms with Crippen LogP contribution in [0.1, 0.15) is 34.4 Å². The van der Waals surface area contributed by atoms with Crippen LogP contribution in [0.5, 0.6) is 0 Å². The van der Waals surface area contributed by atoms with Gasteiger partial charge in [0.1, 0.15) is 8.89 Å². The van der Waals surface area contributed by atoms with Crippen LogP contribution < -0.4 is 0 Å². The molecule has 0 aliphatic rings. The summed E-state index contributed by atoms with van der Waals surface area (Å²) in [6.07, 6.45) is 0. The number of carboxylic acids is 1. The van der Waals surface area contributed by atoms with Gasteiger partial charge in [0.2, 0.25) is 0 Å². The molecule has 2 aromatic heterocycles. The van der Waals surface area contributed by atoms with E-state index in [0.717, 1.165) is 14.5 Å². The smallest absolute Gasteiger partial charge is 0.345 e. The number of carboxylic acid groups (broad SMARTS) is 1. The molecule has 5 heteroatoms. The fraction of sp³-hybridized carbons (Fsp3) is 0.333. The van der Waals surface area contributed by atoms with Crippen molar-refractivity contribution in [3.63, 3.8) is 0 Å². The van der Waals surface area contributed by atoms with E-state index in [4.69, 9.17) is 5.11 Å². The number of hydrogen-bond donors (Lipinski definition) is 1. The molecule has 2 heterocycles. The highest BCUT2D eigenvalue weighted by atomic mass is 32.2. The van der Waals surface area contributed by atoms with Crippen LogP contribution in [0.15, 0.2) is 6.07 Å². The Bertz CT molecular complexity index is 452. The van der Waals surface area contributed by atoms with E-state index in [-0.39, 0.29) is 0 Å². The van der Waals surface area contributed by atoms with E-state index in [1.54, 1.807) is 17.4 Å². The molecule has 0 atom stereocenters. The van der Waals surface area contributed by atoms with Crippen molar-refractivity contribution in [2.75, 3.05) is 0 Å². The molecule has 3 nitrogen and oxygen atoms in total. The predicted octanol–water partition coefficient (Wildman–Crippen LogP) is 3.18. The summed E-state index contributed by atoms with van der Waals surface area (Å²) < 4.78 is 1.01. The van der Waals surface area contributed by atoms with Crippen LogP contribution in [0.3, 0.4) is 0 Å². The maximum absolute atomic E-state index is 10.7. The minimum atomic E-state index is -0.869. The normalized spacial score (nSPS) is 11.4. The molecule has 0 aliphatic carbocycles. The number of carbonyl (C=O) groups is 1. The Kier molecular flexibility index (Phi) is 2.28. The molecule has 0 fully saturated rings. The zero-order valence-electron chi connectivity index (χ0n) is 7.77. The summed E-state index contributed by atoms with van der Waals surface area (Å²) in [5, 5.41) is 9.84. The van der Waals surface area contributed by atoms with Crippen LogP contribution in [-0.2, 0) is 0 Å². The average Bonchev–Trinajstić information content (AvgIpc) is 2.57. The molecule has 14 heavy (non-hydrogen) atoms. The minimum absolute atomic E-state index is 0.369. The fourth-order valence-electron chi connectivity index (χ4n) is 1.10. The van der Waals surface area contributed by atoms with Gasteiger partial charge in [0.05, 0.1) is 10.5 Å². The van der Waals surface area contributed by atoms with Gasteiger partial charge < -0.3 is 5.11 Å². The third-order valence-electron chi connectivity index (χ3n) is 1.81. The van der Waals surface area contributed by atoms with Crippen molar-refractivity contribution in [1.82, 2.24) is 4.98 Å². The predicted molar refractivity (Wildman–Crippen MR) is 58.5 cm³/mol. The standard InChI is InChI=1S/C9H9NO2S2/c1-4(2)7-10-5-3-6(8(11)12)13-9(5)14-7/h3-4H,1-2H3,(H,11,12). The summed E-state index contributed by atoms with van der Waals surface area (Å²) in [5.41, 5.74) is 0.820. The van der Waals surface area contributed by atoms with Crippen LogP contribution in [0, 0.1) is 0 Å². The van der Waals surface area contributed by atoms with Crippen LogP contribution in [0.25, 0.3) is 9.53 Å². The maximum Gasteiger partial charge on any atom is 0.345 e. The Morgan fingerprint density at radius 1 is 1.50 bits per heavy atom. The van der Waals surface area contributed by atoms with Crippen LogP contribution in [0.4, 0.5) is 0 Å². The molecule has 0 saturated carbocycles. The zero-order chi connectivity index (χ0) is 10.3. The number of aromatic nitrogens is 1. The van der Waals surface area contributed by atoms with Gasteiger partial charge in [0, 0.05) is 5.92 Å². The first-order valence-electron chi connectivity index (χ1n) is 4.21. The molecule has 1 N–H and O–H groups in total. The maximum atomic E-state index is 10.7. The molecular formula is C9H9NO2S2. The SMILES string of the molecule is CC(C)c1nc2cc(C(=O)O)sc2s1. The first-order valence-corrected chi connectivity index (χ1v) is 5.85. The number of rotatable bonds is 2. The molecule has 0 saturated heterocycles. The van der Waals surface area contributed by atoms with E-state index in [2.05, 4.69) is 18.8 Å². The quantitative estimate of drug-likeness (QED) is 0.857. The number of nitrogens with zero attached hydrogens (tertiary/aromatic N) is 1. The van der Waals surface area contributed by atoms with Gasteiger partial charge in [-0.05, 0) is 6.07 Å². The molecule has 74 valence electrons. The molecule has 0 amide bonds. The lowest BCUT2D eigenvalue weighted by Crippen LogP contribution is -1.90. The molecule has 0 aromatic carbocycles. The molecular weight excluding hydrogens is 218 g/mol. The lowest BCUT2D eigenvalue weighted by molar-refractivity contribution is 0.0702. The second kappa shape index (κ2) is 3.33. The van der Waals surface area contributed by atoms with Gasteiger partial charge in [-0.3, -0.25) is 0 Å². The zero-order valence-corrected chi connectivity index (χ0v) is 9.41. The van der Waals surface area contributed by atoms with Gasteiger partial charge in [0.25, 0.3) is 0 Å². The van der Waals surface area contributed by atoms with Crippen molar-refractivity contribution < 1.29 is 9.90 Å². The third-order valence-corrected chi connectivity index (χ3v) is 4.39. The largest absolute Gasteiger partial charge is 0.477 e. The average molecular weight is 227 g/mol. The van der Waals surface area contributed by atoms with E-state index in [1.807, 2.05) is 0 Å². The Morgan fingerprint density at radius 2 is 2.21 bits per heavy atom. The minimum Gasteiger partial charge on any atom is -0.477 e. The van der Waals surface area contributed by atoms with Crippen molar-refractivity contribution in [2.24, 2.45) is 0 Å². The van der Waals surface area contributed by atoms with Gasteiger partial charge in [0.15, 0.2) is 0 Å². The Hall–Kier alpha value is -0.940. The van der Waals surface area contributed by atoms with Crippen LogP contribution >= 0.6 is 22.7 Å². The van der Waals surface area contributed by atoms with E-state index in [9.17, 15) is 4.79 Å². The Labute approximate surface area is 89.0 Å². The van der Waals surface area contributed by atoms with Gasteiger partial charge in [-0.2, -0.15) is 0 Å². The number of fused-ring (bicyclic) bond motifs is 1. The fourth-order valence-corrected chi connectivity index (χ4v) is 3.24. The molecule has 0 aliphatic heterocycles. The summed E-state index contributed by atoms with van der Waals surface area (Å²) >= 11 is 2.89. The lowest BCUT2D eigenvalue weighted by Gasteiger charge is -1.94. The Morgan fingerprint density at radius 3 is 2.71 bits per heavy atom. The summed E-state index contributed by atoms with van der Waals surface area (Å²) in [6, 6.07) is 1.64. The van der Waals surface area contributed by atoms with Gasteiger partial charge in [-0.25, -0.2) is 9.78 Å². The molecule has 0 unspecified atom stereocenters. The van der Waals surface area contributed by atoms with Crippen molar-refractivity contribution in [1.29, 1.82) is 0 Å². The van der Waals surface area contributed by atoms with Gasteiger partial charge >= 0.3 is 5.97 Å². The number of aromatic carboxylic acids is 1. The van der Waals surface area contributed by atoms with E-state index in [0.29, 0.717) is 10.8 Å². The number of hydrogen-bond acceptors (Lipinski definition) is 4. The first kappa shape index (κ1) is 9.61. The first-order chi connectivity index (χ1) is 6.58. The van der Waals surface area contributed by atoms with Crippen LogP contribution in [-0.4, -0.2) is 16.1 Å². The summed E-state index contributed by atoms with van der Waals surface area (Å²) in [4.78, 5) is 15.4. The molecule has 0 bridgehead atoms. The second-order valence-corrected chi connectivity index (χ2v) is 5.64. The molecule has 0 radical (unpaired) electrons. The van der Waals surface area contributed by atoms with E-state index < -0.39 is 5.97 Å². The highest BCUT2D eigenvalue weighted by molar-refractivity contribution is 7.38. The Balaban J connectivity index is 2.50. The summed E-state index contributed by atoms with van der Waals surface area (Å²) in [5.74, 6) is -0.459. The van der Waals surface area contributed by atoms with Crippen molar-refractivity contribution in [3.05, 3.63) is 16.0 Å². The molecule has 0 spiro atoms. The lowest BCUT2D eigenvalue weighted by atomic mass is 10.2. The topological polar surface area (TPSA) is 50.2 Å². The van der Waals surface area contributed by atoms with Crippen LogP contribution in [0.2, 0.25) is 0 Å². The van der Waals surface area contributed by atoms with Crippen molar-refractivity contribution in [2.45, 2.75) is 19.8 Å². The second-order valence-electron chi connectivity index (χ2n) is 3.30. The third kappa shape index (κ3) is 1.53. The number of thiophene rings is 1. The summed E-state index contributed by atoms with van der Waals surface area (Å²) in [6.45, 7) is 4.17. The highest BCUT2D eigenvalue weighted by Gasteiger charge is 2.13. The van der Waals surface area contributed by atoms with E-state index >= 15 is 0 Å². The molecule has 2 rings (SSSR count). The van der Waals surface area contributed by atoms with Crippen molar-refractivity contribution in [3.8, 4) is 0 Å². The highest BCUT2D eigenvalue weighted by Crippen LogP contribution is 2.33. The molecule has 2 aromatic rings. The number of thiazole rings is 1. The van der Waals surface area contributed by atoms with Gasteiger partial charge in [-0.15, -0.1) is 22.7 Å².